The van der Waals surface area contributed by atoms with E-state index in [0.29, 0.717) is 6.42 Å². The van der Waals surface area contributed by atoms with E-state index < -0.39 is 17.4 Å². The van der Waals surface area contributed by atoms with Gasteiger partial charge in [0.15, 0.2) is 11.4 Å². The number of hydrogen-bond acceptors (Lipinski definition) is 4. The van der Waals surface area contributed by atoms with Crippen LogP contribution in [0.2, 0.25) is 0 Å². The van der Waals surface area contributed by atoms with Gasteiger partial charge in [0.2, 0.25) is 0 Å². The van der Waals surface area contributed by atoms with Gasteiger partial charge >= 0.3 is 5.97 Å². The molecule has 4 heteroatoms. The highest BCUT2D eigenvalue weighted by atomic mass is 16.8. The summed E-state index contributed by atoms with van der Waals surface area (Å²) in [6.07, 6.45) is 2.65. The number of carbonyl (C=O) groups excluding carboxylic acids is 1. The third-order valence-electron chi connectivity index (χ3n) is 3.44. The van der Waals surface area contributed by atoms with Gasteiger partial charge in [-0.1, -0.05) is 26.3 Å². The zero-order valence-electron chi connectivity index (χ0n) is 12.0. The fraction of sp³-hybridized carbons (Fsp3) is 0.786. The van der Waals surface area contributed by atoms with Crippen LogP contribution in [0, 0.1) is 5.92 Å². The van der Waals surface area contributed by atoms with Crippen LogP contribution in [0.3, 0.4) is 0 Å². The SMILES string of the molecule is C=CC[C@]1(C(=O)OC)OC(C)(C)O[C@@H]1[C@@H](C)CC. The van der Waals surface area contributed by atoms with Gasteiger partial charge in [0, 0.05) is 6.42 Å². The third-order valence-corrected chi connectivity index (χ3v) is 3.44. The van der Waals surface area contributed by atoms with E-state index in [2.05, 4.69) is 20.4 Å². The van der Waals surface area contributed by atoms with Crippen LogP contribution in [0.4, 0.5) is 0 Å². The van der Waals surface area contributed by atoms with Gasteiger partial charge in [-0.25, -0.2) is 4.79 Å². The summed E-state index contributed by atoms with van der Waals surface area (Å²) in [6.45, 7) is 11.5. The number of ether oxygens (including phenoxy) is 3. The largest absolute Gasteiger partial charge is 0.467 e. The van der Waals surface area contributed by atoms with Crippen molar-refractivity contribution < 1.29 is 19.0 Å². The van der Waals surface area contributed by atoms with Crippen molar-refractivity contribution in [2.45, 2.75) is 58.0 Å². The van der Waals surface area contributed by atoms with Crippen LogP contribution in [-0.4, -0.2) is 30.6 Å². The average molecular weight is 256 g/mol. The van der Waals surface area contributed by atoms with Crippen LogP contribution in [0.5, 0.6) is 0 Å². The van der Waals surface area contributed by atoms with E-state index in [1.807, 2.05) is 13.8 Å². The van der Waals surface area contributed by atoms with E-state index in [-0.39, 0.29) is 12.0 Å². The van der Waals surface area contributed by atoms with Crippen molar-refractivity contribution in [2.75, 3.05) is 7.11 Å². The first-order valence-electron chi connectivity index (χ1n) is 6.40. The Labute approximate surface area is 109 Å². The van der Waals surface area contributed by atoms with Crippen LogP contribution >= 0.6 is 0 Å². The average Bonchev–Trinajstić information content (AvgIpc) is 2.60. The highest BCUT2D eigenvalue weighted by Crippen LogP contribution is 2.43. The maximum Gasteiger partial charge on any atom is 0.341 e. The summed E-state index contributed by atoms with van der Waals surface area (Å²) in [7, 11) is 1.37. The molecule has 104 valence electrons. The van der Waals surface area contributed by atoms with Crippen molar-refractivity contribution in [1.29, 1.82) is 0 Å². The maximum atomic E-state index is 12.2. The zero-order valence-corrected chi connectivity index (χ0v) is 12.0. The van der Waals surface area contributed by atoms with Gasteiger partial charge in [0.05, 0.1) is 7.11 Å². The molecule has 0 amide bonds. The lowest BCUT2D eigenvalue weighted by atomic mass is 9.84. The van der Waals surface area contributed by atoms with Gasteiger partial charge < -0.3 is 14.2 Å². The molecule has 0 saturated carbocycles. The first-order chi connectivity index (χ1) is 8.33. The lowest BCUT2D eigenvalue weighted by molar-refractivity contribution is -0.187. The first-order valence-corrected chi connectivity index (χ1v) is 6.40. The standard InChI is InChI=1S/C14H24O4/c1-7-9-14(12(15)16-6)11(10(3)8-2)17-13(4,5)18-14/h7,10-11H,1,8-9H2,2-6H3/t10-,11+,14-/m0/s1. The lowest BCUT2D eigenvalue weighted by Crippen LogP contribution is -2.50. The Morgan fingerprint density at radius 2 is 2.17 bits per heavy atom. The van der Waals surface area contributed by atoms with E-state index in [1.54, 1.807) is 6.08 Å². The second kappa shape index (κ2) is 5.41. The molecule has 0 radical (unpaired) electrons. The van der Waals surface area contributed by atoms with Crippen LogP contribution in [-0.2, 0) is 19.0 Å². The number of methoxy groups -OCH3 is 1. The topological polar surface area (TPSA) is 44.8 Å². The van der Waals surface area contributed by atoms with Crippen molar-refractivity contribution in [3.05, 3.63) is 12.7 Å². The third kappa shape index (κ3) is 2.59. The van der Waals surface area contributed by atoms with Crippen molar-refractivity contribution in [3.8, 4) is 0 Å². The van der Waals surface area contributed by atoms with Crippen LogP contribution in [0.1, 0.15) is 40.5 Å². The highest BCUT2D eigenvalue weighted by molar-refractivity contribution is 5.81. The van der Waals surface area contributed by atoms with Gasteiger partial charge in [-0.2, -0.15) is 0 Å². The number of rotatable bonds is 5. The monoisotopic (exact) mass is 256 g/mol. The quantitative estimate of drug-likeness (QED) is 0.560. The molecule has 0 spiro atoms. The summed E-state index contributed by atoms with van der Waals surface area (Å²) in [5, 5.41) is 0. The van der Waals surface area contributed by atoms with E-state index in [1.165, 1.54) is 7.11 Å². The molecule has 1 aliphatic rings. The fourth-order valence-corrected chi connectivity index (χ4v) is 2.50. The van der Waals surface area contributed by atoms with Gasteiger partial charge in [0.25, 0.3) is 0 Å². The molecule has 1 saturated heterocycles. The highest BCUT2D eigenvalue weighted by Gasteiger charge is 2.59. The fourth-order valence-electron chi connectivity index (χ4n) is 2.50. The molecule has 1 rings (SSSR count). The van der Waals surface area contributed by atoms with Crippen LogP contribution in [0.15, 0.2) is 12.7 Å². The Morgan fingerprint density at radius 3 is 2.61 bits per heavy atom. The smallest absolute Gasteiger partial charge is 0.341 e. The predicted octanol–water partition coefficient (Wildman–Crippen LogP) is 2.67. The van der Waals surface area contributed by atoms with Gasteiger partial charge in [-0.15, -0.1) is 6.58 Å². The summed E-state index contributed by atoms with van der Waals surface area (Å²) in [6, 6.07) is 0. The summed E-state index contributed by atoms with van der Waals surface area (Å²) >= 11 is 0. The van der Waals surface area contributed by atoms with Gasteiger partial charge in [0.1, 0.15) is 6.10 Å². The molecule has 1 fully saturated rings. The molecule has 0 unspecified atom stereocenters. The molecular weight excluding hydrogens is 232 g/mol. The minimum absolute atomic E-state index is 0.200. The Morgan fingerprint density at radius 1 is 1.56 bits per heavy atom. The molecule has 0 N–H and O–H groups in total. The van der Waals surface area contributed by atoms with Crippen molar-refractivity contribution in [3.63, 3.8) is 0 Å². The van der Waals surface area contributed by atoms with E-state index in [0.717, 1.165) is 6.42 Å². The van der Waals surface area contributed by atoms with Crippen molar-refractivity contribution in [2.24, 2.45) is 5.92 Å². The molecule has 0 aromatic rings. The molecule has 1 heterocycles. The zero-order chi connectivity index (χ0) is 14.0. The van der Waals surface area contributed by atoms with Gasteiger partial charge in [-0.3, -0.25) is 0 Å². The minimum Gasteiger partial charge on any atom is -0.467 e. The molecule has 4 nitrogen and oxygen atoms in total. The van der Waals surface area contributed by atoms with Crippen molar-refractivity contribution >= 4 is 5.97 Å². The van der Waals surface area contributed by atoms with Crippen molar-refractivity contribution in [1.82, 2.24) is 0 Å². The molecular formula is C14H24O4. The summed E-state index contributed by atoms with van der Waals surface area (Å²) in [5.41, 5.74) is -1.07. The molecule has 1 aliphatic heterocycles. The molecule has 18 heavy (non-hydrogen) atoms. The normalized spacial score (nSPS) is 31.9. The second-order valence-electron chi connectivity index (χ2n) is 5.30. The Kier molecular flexibility index (Phi) is 4.56. The van der Waals surface area contributed by atoms with Crippen LogP contribution < -0.4 is 0 Å². The number of esters is 1. The summed E-state index contributed by atoms with van der Waals surface area (Å²) in [5.74, 6) is -0.977. The minimum atomic E-state index is -1.07. The number of hydrogen-bond donors (Lipinski definition) is 0. The first kappa shape index (κ1) is 15.2. The molecule has 0 aromatic heterocycles. The summed E-state index contributed by atoms with van der Waals surface area (Å²) < 4.78 is 16.7. The van der Waals surface area contributed by atoms with E-state index in [4.69, 9.17) is 14.2 Å². The Bertz CT molecular complexity index is 324. The molecule has 0 aromatic carbocycles. The second-order valence-corrected chi connectivity index (χ2v) is 5.30. The summed E-state index contributed by atoms with van der Waals surface area (Å²) in [4.78, 5) is 12.2. The predicted molar refractivity (Wildman–Crippen MR) is 69.1 cm³/mol. The Balaban J connectivity index is 3.17. The molecule has 0 aliphatic carbocycles. The number of carbonyl (C=O) groups is 1. The Hall–Kier alpha value is -0.870. The molecule has 0 bridgehead atoms. The van der Waals surface area contributed by atoms with E-state index in [9.17, 15) is 4.79 Å². The van der Waals surface area contributed by atoms with Crippen LogP contribution in [0.25, 0.3) is 0 Å². The van der Waals surface area contributed by atoms with Gasteiger partial charge in [-0.05, 0) is 19.8 Å². The maximum absolute atomic E-state index is 12.2. The molecule has 3 atom stereocenters. The lowest BCUT2D eigenvalue weighted by Gasteiger charge is -2.31. The van der Waals surface area contributed by atoms with E-state index >= 15 is 0 Å².